The van der Waals surface area contributed by atoms with Crippen molar-refractivity contribution >= 4 is 6.09 Å². The largest absolute Gasteiger partial charge is 0.493 e. The van der Waals surface area contributed by atoms with E-state index < -0.39 is 0 Å². The standard InChI is InChI=1S/C34H38N2O6/c1-7-35(8-2)34(37)42-28-12-10-9-11-24(28)27-21-36-16-15-23-19-31(40-5)32(41-6)20-25(23)33(36)26(27)17-22-13-14-29(38-3)30(18-22)39-4/h9-14,18-21H,7-8,15-17H2,1-6H3. The maximum absolute atomic E-state index is 13.0. The van der Waals surface area contributed by atoms with E-state index in [1.165, 1.54) is 5.56 Å². The van der Waals surface area contributed by atoms with Gasteiger partial charge in [0.2, 0.25) is 0 Å². The highest BCUT2D eigenvalue weighted by Gasteiger charge is 2.28. The molecule has 0 aliphatic carbocycles. The van der Waals surface area contributed by atoms with Gasteiger partial charge in [-0.25, -0.2) is 4.79 Å². The average Bonchev–Trinajstić information content (AvgIpc) is 3.39. The Morgan fingerprint density at radius 1 is 0.762 bits per heavy atom. The van der Waals surface area contributed by atoms with Crippen LogP contribution in [0.3, 0.4) is 0 Å². The van der Waals surface area contributed by atoms with Crippen LogP contribution in [0.2, 0.25) is 0 Å². The number of hydrogen-bond acceptors (Lipinski definition) is 6. The molecule has 0 saturated carbocycles. The fourth-order valence-electron chi connectivity index (χ4n) is 5.71. The molecule has 42 heavy (non-hydrogen) atoms. The molecule has 8 nitrogen and oxygen atoms in total. The molecule has 0 bridgehead atoms. The third-order valence-electron chi connectivity index (χ3n) is 7.89. The number of aromatic nitrogens is 1. The van der Waals surface area contributed by atoms with Gasteiger partial charge in [0.1, 0.15) is 5.75 Å². The van der Waals surface area contributed by atoms with E-state index in [0.717, 1.165) is 46.5 Å². The molecular formula is C34H38N2O6. The zero-order valence-electron chi connectivity index (χ0n) is 25.2. The molecule has 0 atom stereocenters. The molecule has 220 valence electrons. The summed E-state index contributed by atoms with van der Waals surface area (Å²) >= 11 is 0. The van der Waals surface area contributed by atoms with Gasteiger partial charge < -0.3 is 33.2 Å². The molecule has 0 N–H and O–H groups in total. The van der Waals surface area contributed by atoms with Gasteiger partial charge in [-0.1, -0.05) is 24.3 Å². The maximum Gasteiger partial charge on any atom is 0.415 e. The van der Waals surface area contributed by atoms with Crippen LogP contribution in [-0.2, 0) is 19.4 Å². The van der Waals surface area contributed by atoms with Crippen LogP contribution in [-0.4, -0.2) is 57.1 Å². The minimum atomic E-state index is -0.361. The van der Waals surface area contributed by atoms with Crippen molar-refractivity contribution < 1.29 is 28.5 Å². The quantitative estimate of drug-likeness (QED) is 0.208. The lowest BCUT2D eigenvalue weighted by molar-refractivity contribution is 0.157. The number of fused-ring (bicyclic) bond motifs is 3. The summed E-state index contributed by atoms with van der Waals surface area (Å²) in [4.78, 5) is 14.7. The van der Waals surface area contributed by atoms with Crippen LogP contribution in [0.15, 0.2) is 60.8 Å². The molecule has 1 aromatic heterocycles. The number of aryl methyl sites for hydroxylation is 2. The summed E-state index contributed by atoms with van der Waals surface area (Å²) in [7, 11) is 6.59. The number of nitrogens with zero attached hydrogens (tertiary/aromatic N) is 2. The molecule has 0 unspecified atom stereocenters. The fraction of sp³-hybridized carbons (Fsp3) is 0.324. The molecule has 3 aromatic carbocycles. The van der Waals surface area contributed by atoms with Crippen molar-refractivity contribution in [3.8, 4) is 51.1 Å². The highest BCUT2D eigenvalue weighted by atomic mass is 16.6. The third-order valence-corrected chi connectivity index (χ3v) is 7.89. The Hall–Kier alpha value is -4.59. The number of amides is 1. The van der Waals surface area contributed by atoms with E-state index >= 15 is 0 Å². The fourth-order valence-corrected chi connectivity index (χ4v) is 5.71. The number of para-hydroxylation sites is 1. The summed E-state index contributed by atoms with van der Waals surface area (Å²) < 4.78 is 30.7. The lowest BCUT2D eigenvalue weighted by Gasteiger charge is -2.23. The van der Waals surface area contributed by atoms with Gasteiger partial charge in [-0.3, -0.25) is 0 Å². The van der Waals surface area contributed by atoms with E-state index in [0.29, 0.717) is 48.3 Å². The zero-order chi connectivity index (χ0) is 29.8. The molecule has 0 fully saturated rings. The van der Waals surface area contributed by atoms with Crippen LogP contribution in [0.1, 0.15) is 30.5 Å². The molecule has 1 aliphatic rings. The smallest absolute Gasteiger partial charge is 0.415 e. The summed E-state index contributed by atoms with van der Waals surface area (Å²) in [5.74, 6) is 3.27. The Morgan fingerprint density at radius 3 is 2.12 bits per heavy atom. The molecule has 0 saturated heterocycles. The first kappa shape index (κ1) is 28.9. The molecule has 8 heteroatoms. The number of rotatable bonds is 10. The first-order chi connectivity index (χ1) is 20.5. The molecule has 1 amide bonds. The first-order valence-corrected chi connectivity index (χ1v) is 14.2. The second-order valence-electron chi connectivity index (χ2n) is 10.1. The van der Waals surface area contributed by atoms with Crippen LogP contribution < -0.4 is 23.7 Å². The molecule has 5 rings (SSSR count). The number of benzene rings is 3. The lowest BCUT2D eigenvalue weighted by atomic mass is 9.90. The van der Waals surface area contributed by atoms with Crippen molar-refractivity contribution in [2.45, 2.75) is 33.2 Å². The Labute approximate surface area is 247 Å². The van der Waals surface area contributed by atoms with Crippen LogP contribution in [0.5, 0.6) is 28.7 Å². The van der Waals surface area contributed by atoms with E-state index in [2.05, 4.69) is 29.0 Å². The SMILES string of the molecule is CCN(CC)C(=O)Oc1ccccc1-c1cn2c(c1Cc1ccc(OC)c(OC)c1)-c1cc(OC)c(OC)cc1CC2. The summed E-state index contributed by atoms with van der Waals surface area (Å²) in [6, 6.07) is 17.9. The molecule has 0 radical (unpaired) electrons. The van der Waals surface area contributed by atoms with Crippen molar-refractivity contribution in [3.05, 3.63) is 77.5 Å². The normalized spacial score (nSPS) is 11.8. The summed E-state index contributed by atoms with van der Waals surface area (Å²) in [6.45, 7) is 5.84. The van der Waals surface area contributed by atoms with Gasteiger partial charge in [0, 0.05) is 48.9 Å². The first-order valence-electron chi connectivity index (χ1n) is 14.2. The van der Waals surface area contributed by atoms with E-state index in [1.54, 1.807) is 33.3 Å². The Morgan fingerprint density at radius 2 is 1.43 bits per heavy atom. The Balaban J connectivity index is 1.70. The number of hydrogen-bond donors (Lipinski definition) is 0. The van der Waals surface area contributed by atoms with E-state index in [-0.39, 0.29) is 6.09 Å². The molecule has 0 spiro atoms. The van der Waals surface area contributed by atoms with Gasteiger partial charge in [0.05, 0.1) is 34.1 Å². The number of carbonyl (C=O) groups excluding carboxylic acids is 1. The van der Waals surface area contributed by atoms with Crippen molar-refractivity contribution in [3.63, 3.8) is 0 Å². The summed E-state index contributed by atoms with van der Waals surface area (Å²) in [5, 5.41) is 0. The van der Waals surface area contributed by atoms with Crippen LogP contribution >= 0.6 is 0 Å². The van der Waals surface area contributed by atoms with E-state index in [1.807, 2.05) is 50.2 Å². The minimum Gasteiger partial charge on any atom is -0.493 e. The third kappa shape index (κ3) is 5.36. The predicted molar refractivity (Wildman–Crippen MR) is 163 cm³/mol. The molecule has 1 aliphatic heterocycles. The Bertz CT molecular complexity index is 1590. The zero-order valence-corrected chi connectivity index (χ0v) is 25.2. The van der Waals surface area contributed by atoms with Crippen LogP contribution in [0.4, 0.5) is 4.79 Å². The number of carbonyl (C=O) groups is 1. The number of ether oxygens (including phenoxy) is 5. The topological polar surface area (TPSA) is 71.4 Å². The predicted octanol–water partition coefficient (Wildman–Crippen LogP) is 6.84. The van der Waals surface area contributed by atoms with Gasteiger partial charge in [-0.05, 0) is 67.3 Å². The van der Waals surface area contributed by atoms with Gasteiger partial charge in [-0.15, -0.1) is 0 Å². The second-order valence-corrected chi connectivity index (χ2v) is 10.1. The van der Waals surface area contributed by atoms with Gasteiger partial charge in [0.25, 0.3) is 0 Å². The monoisotopic (exact) mass is 570 g/mol. The van der Waals surface area contributed by atoms with E-state index in [4.69, 9.17) is 23.7 Å². The second kappa shape index (κ2) is 12.5. The van der Waals surface area contributed by atoms with E-state index in [9.17, 15) is 4.79 Å². The lowest BCUT2D eigenvalue weighted by Crippen LogP contribution is -2.33. The highest BCUT2D eigenvalue weighted by molar-refractivity contribution is 5.85. The van der Waals surface area contributed by atoms with Crippen molar-refractivity contribution in [2.75, 3.05) is 41.5 Å². The summed E-state index contributed by atoms with van der Waals surface area (Å²) in [6.07, 6.45) is 3.28. The minimum absolute atomic E-state index is 0.361. The summed E-state index contributed by atoms with van der Waals surface area (Å²) in [5.41, 5.74) is 7.43. The van der Waals surface area contributed by atoms with Crippen LogP contribution in [0.25, 0.3) is 22.4 Å². The van der Waals surface area contributed by atoms with Crippen LogP contribution in [0, 0.1) is 0 Å². The Kier molecular flexibility index (Phi) is 8.61. The van der Waals surface area contributed by atoms with Gasteiger partial charge in [0.15, 0.2) is 23.0 Å². The van der Waals surface area contributed by atoms with Crippen molar-refractivity contribution in [2.24, 2.45) is 0 Å². The van der Waals surface area contributed by atoms with Crippen molar-refractivity contribution in [1.29, 1.82) is 0 Å². The average molecular weight is 571 g/mol. The molecular weight excluding hydrogens is 532 g/mol. The van der Waals surface area contributed by atoms with Gasteiger partial charge >= 0.3 is 6.09 Å². The highest BCUT2D eigenvalue weighted by Crippen LogP contribution is 2.46. The number of methoxy groups -OCH3 is 4. The van der Waals surface area contributed by atoms with Crippen molar-refractivity contribution in [1.82, 2.24) is 9.47 Å². The van der Waals surface area contributed by atoms with Gasteiger partial charge in [-0.2, -0.15) is 0 Å². The maximum atomic E-state index is 13.0. The molecule has 4 aromatic rings. The molecule has 2 heterocycles.